The minimum absolute atomic E-state index is 0. The number of non-ortho nitro benzene ring substituents is 3. The van der Waals surface area contributed by atoms with Crippen LogP contribution in [-0.2, 0) is 25.7 Å². The SMILES string of the molecule is C.C=C1CN(C)CCc2ccc([N+](=O)[O-])cc21.CC1CN(C)CCc2ccc([N+](=O)[O-])cc21.C[C@@H]1CN(C)CCc2ccc(N)cc21.C[C@@H]1CN(C)CCc2ccc([N+](=O)[O-])cc21.[HH]. The van der Waals surface area contributed by atoms with Crippen molar-refractivity contribution in [1.29, 1.82) is 0 Å². The molecule has 2 N–H and O–H groups in total. The van der Waals surface area contributed by atoms with Crippen LogP contribution in [0.4, 0.5) is 22.7 Å². The monoisotopic (exact) mass is 867 g/mol. The van der Waals surface area contributed by atoms with E-state index in [-0.39, 0.29) is 40.7 Å². The number of nitrogen functional groups attached to an aromatic ring is 1. The fraction of sp³-hybridized carbons (Fsp3) is 0.469. The number of anilines is 1. The second kappa shape index (κ2) is 22.7. The zero-order chi connectivity index (χ0) is 45.2. The van der Waals surface area contributed by atoms with Crippen molar-refractivity contribution in [3.05, 3.63) is 154 Å². The Bertz CT molecular complexity index is 2180. The molecule has 0 bridgehead atoms. The molecule has 4 aliphatic heterocycles. The van der Waals surface area contributed by atoms with E-state index in [1.807, 2.05) is 31.3 Å². The molecular weight excluding hydrogens is 797 g/mol. The number of nitrogens with zero attached hydrogens (tertiary/aromatic N) is 7. The van der Waals surface area contributed by atoms with Gasteiger partial charge in [0.05, 0.1) is 14.8 Å². The second-order valence-corrected chi connectivity index (χ2v) is 17.7. The summed E-state index contributed by atoms with van der Waals surface area (Å²) in [6.45, 7) is 18.5. The first kappa shape index (κ1) is 50.1. The Balaban J connectivity index is 0.000000225. The molecule has 0 spiro atoms. The number of nitro benzene ring substituents is 3. The van der Waals surface area contributed by atoms with Crippen molar-refractivity contribution in [2.75, 3.05) is 86.3 Å². The van der Waals surface area contributed by atoms with Gasteiger partial charge >= 0.3 is 0 Å². The number of fused-ring (bicyclic) bond motifs is 4. The minimum atomic E-state index is -0.359. The molecule has 14 nitrogen and oxygen atoms in total. The molecule has 8 rings (SSSR count). The highest BCUT2D eigenvalue weighted by Gasteiger charge is 2.23. The maximum atomic E-state index is 10.7. The van der Waals surface area contributed by atoms with Gasteiger partial charge in [0.15, 0.2) is 0 Å². The molecule has 4 aliphatic rings. The summed E-state index contributed by atoms with van der Waals surface area (Å²) in [6, 6.07) is 21.9. The number of benzene rings is 4. The van der Waals surface area contributed by atoms with E-state index in [4.69, 9.17) is 5.73 Å². The molecular formula is C49H70N8O6. The van der Waals surface area contributed by atoms with E-state index < -0.39 is 0 Å². The number of nitrogens with two attached hydrogens (primary N) is 1. The number of hydrogen-bond acceptors (Lipinski definition) is 11. The van der Waals surface area contributed by atoms with Crippen molar-refractivity contribution in [2.24, 2.45) is 0 Å². The standard InChI is InChI=1S/2C12H16N2O2.C12H14N2O2.C12H18N2.CH4.H2/c3*1-9-8-13(2)6-5-10-3-4-11(14(15)16)7-12(9)10;1-9-8-14(2)6-5-10-3-4-11(13)7-12(9)10;;/h2*3-4,7,9H,5-6,8H2,1-2H3;3-4,7H,1,5-6,8H2,2H3;3-4,7,9H,5-6,8,13H2,1-2H3;1H4;1H/t9-;;;9-;;/m1..1../s1. The minimum Gasteiger partial charge on any atom is -0.399 e. The first-order valence-electron chi connectivity index (χ1n) is 21.5. The van der Waals surface area contributed by atoms with Crippen molar-refractivity contribution in [2.45, 2.75) is 71.6 Å². The van der Waals surface area contributed by atoms with Gasteiger partial charge in [-0.05, 0) is 134 Å². The highest BCUT2D eigenvalue weighted by atomic mass is 16.6. The van der Waals surface area contributed by atoms with Crippen LogP contribution in [0.1, 0.15) is 91.9 Å². The predicted molar refractivity (Wildman–Crippen MR) is 258 cm³/mol. The van der Waals surface area contributed by atoms with Crippen LogP contribution in [0.25, 0.3) is 5.57 Å². The Hall–Kier alpha value is -5.54. The van der Waals surface area contributed by atoms with Crippen LogP contribution in [-0.4, -0.2) is 115 Å². The molecule has 0 aromatic heterocycles. The van der Waals surface area contributed by atoms with Crippen molar-refractivity contribution in [3.63, 3.8) is 0 Å². The third-order valence-corrected chi connectivity index (χ3v) is 12.4. The van der Waals surface area contributed by atoms with Crippen LogP contribution in [0, 0.1) is 30.3 Å². The summed E-state index contributed by atoms with van der Waals surface area (Å²) in [5, 5.41) is 32.2. The first-order chi connectivity index (χ1) is 29.4. The first-order valence-corrected chi connectivity index (χ1v) is 21.5. The smallest absolute Gasteiger partial charge is 0.270 e. The molecule has 0 saturated heterocycles. The lowest BCUT2D eigenvalue weighted by molar-refractivity contribution is -0.385. The van der Waals surface area contributed by atoms with E-state index in [9.17, 15) is 30.3 Å². The second-order valence-electron chi connectivity index (χ2n) is 17.7. The fourth-order valence-corrected chi connectivity index (χ4v) is 9.00. The van der Waals surface area contributed by atoms with Crippen LogP contribution >= 0.6 is 0 Å². The molecule has 0 amide bonds. The normalized spacial score (nSPS) is 20.1. The lowest BCUT2D eigenvalue weighted by Gasteiger charge is -2.17. The molecule has 4 aromatic carbocycles. The summed E-state index contributed by atoms with van der Waals surface area (Å²) in [7, 11) is 8.41. The zero-order valence-corrected chi connectivity index (χ0v) is 37.5. The average Bonchev–Trinajstić information content (AvgIpc) is 3.61. The zero-order valence-electron chi connectivity index (χ0n) is 37.5. The third-order valence-electron chi connectivity index (χ3n) is 12.4. The summed E-state index contributed by atoms with van der Waals surface area (Å²) in [6.07, 6.45) is 4.03. The topological polar surface area (TPSA) is 168 Å². The molecule has 4 aromatic rings. The third kappa shape index (κ3) is 13.7. The van der Waals surface area contributed by atoms with Crippen LogP contribution in [0.2, 0.25) is 0 Å². The highest BCUT2D eigenvalue weighted by Crippen LogP contribution is 2.31. The summed E-state index contributed by atoms with van der Waals surface area (Å²) in [4.78, 5) is 40.3. The molecule has 0 radical (unpaired) electrons. The van der Waals surface area contributed by atoms with Crippen LogP contribution in [0.15, 0.2) is 79.4 Å². The van der Waals surface area contributed by atoms with Gasteiger partial charge in [0.25, 0.3) is 17.1 Å². The Morgan fingerprint density at radius 2 is 0.873 bits per heavy atom. The van der Waals surface area contributed by atoms with Gasteiger partial charge in [-0.25, -0.2) is 0 Å². The molecule has 3 atom stereocenters. The van der Waals surface area contributed by atoms with E-state index >= 15 is 0 Å². The number of rotatable bonds is 3. The number of hydrogen-bond donors (Lipinski definition) is 1. The maximum absolute atomic E-state index is 10.7. The van der Waals surface area contributed by atoms with E-state index in [1.165, 1.54) is 22.3 Å². The van der Waals surface area contributed by atoms with Crippen LogP contribution in [0.5, 0.6) is 0 Å². The largest absolute Gasteiger partial charge is 0.399 e. The maximum Gasteiger partial charge on any atom is 0.270 e. The predicted octanol–water partition coefficient (Wildman–Crippen LogP) is 9.21. The van der Waals surface area contributed by atoms with Crippen molar-refractivity contribution in [3.8, 4) is 0 Å². The Morgan fingerprint density at radius 3 is 1.29 bits per heavy atom. The van der Waals surface area contributed by atoms with E-state index in [1.54, 1.807) is 36.4 Å². The quantitative estimate of drug-likeness (QED) is 0.118. The number of likely N-dealkylation sites (N-methyl/N-ethyl adjacent to an activating group) is 4. The van der Waals surface area contributed by atoms with Crippen LogP contribution < -0.4 is 5.73 Å². The number of nitro groups is 3. The summed E-state index contributed by atoms with van der Waals surface area (Å²) in [5.41, 5.74) is 18.0. The van der Waals surface area contributed by atoms with E-state index in [2.05, 4.69) is 80.2 Å². The van der Waals surface area contributed by atoms with Crippen molar-refractivity contribution < 1.29 is 16.2 Å². The molecule has 4 heterocycles. The van der Waals surface area contributed by atoms with Gasteiger partial charge < -0.3 is 25.3 Å². The molecule has 342 valence electrons. The Kier molecular flexibility index (Phi) is 18.1. The van der Waals surface area contributed by atoms with Gasteiger partial charge in [0, 0.05) is 95.9 Å². The molecule has 1 unspecified atom stereocenters. The van der Waals surface area contributed by atoms with Crippen molar-refractivity contribution in [1.82, 2.24) is 19.6 Å². The average molecular weight is 867 g/mol. The molecule has 0 fully saturated rings. The van der Waals surface area contributed by atoms with Gasteiger partial charge in [0.1, 0.15) is 0 Å². The summed E-state index contributed by atoms with van der Waals surface area (Å²) < 4.78 is 0. The molecule has 0 saturated carbocycles. The Morgan fingerprint density at radius 1 is 0.540 bits per heavy atom. The van der Waals surface area contributed by atoms with Crippen LogP contribution in [0.3, 0.4) is 0 Å². The molecule has 0 aliphatic carbocycles. The highest BCUT2D eigenvalue weighted by molar-refractivity contribution is 5.70. The summed E-state index contributed by atoms with van der Waals surface area (Å²) in [5.74, 6) is 1.32. The summed E-state index contributed by atoms with van der Waals surface area (Å²) >= 11 is 0. The lowest BCUT2D eigenvalue weighted by atomic mass is 9.95. The van der Waals surface area contributed by atoms with Crippen molar-refractivity contribution >= 4 is 28.3 Å². The van der Waals surface area contributed by atoms with Gasteiger partial charge in [-0.2, -0.15) is 0 Å². The molecule has 14 heteroatoms. The molecule has 63 heavy (non-hydrogen) atoms. The van der Waals surface area contributed by atoms with E-state index in [0.717, 1.165) is 112 Å². The van der Waals surface area contributed by atoms with Gasteiger partial charge in [-0.15, -0.1) is 0 Å². The van der Waals surface area contributed by atoms with Gasteiger partial charge in [-0.1, -0.05) is 59.0 Å². The van der Waals surface area contributed by atoms with Gasteiger partial charge in [0.2, 0.25) is 0 Å². The van der Waals surface area contributed by atoms with E-state index in [0.29, 0.717) is 17.8 Å². The van der Waals surface area contributed by atoms with Gasteiger partial charge in [-0.3, -0.25) is 30.3 Å². The fourth-order valence-electron chi connectivity index (χ4n) is 9.00. The lowest BCUT2D eigenvalue weighted by Crippen LogP contribution is -2.22. The Labute approximate surface area is 375 Å².